The number of benzene rings is 1. The van der Waals surface area contributed by atoms with Gasteiger partial charge in [0.2, 0.25) is 0 Å². The average molecular weight is 401 g/mol. The van der Waals surface area contributed by atoms with Crippen molar-refractivity contribution < 1.29 is 17.6 Å². The molecule has 1 amide bonds. The molecule has 0 unspecified atom stereocenters. The van der Waals surface area contributed by atoms with Gasteiger partial charge in [-0.1, -0.05) is 11.6 Å². The van der Waals surface area contributed by atoms with Gasteiger partial charge in [-0.3, -0.25) is 4.79 Å². The molecule has 0 spiro atoms. The zero-order chi connectivity index (χ0) is 18.2. The van der Waals surface area contributed by atoms with Crippen molar-refractivity contribution in [3.05, 3.63) is 58.0 Å². The summed E-state index contributed by atoms with van der Waals surface area (Å²) in [5.74, 6) is -1.33. The van der Waals surface area contributed by atoms with Gasteiger partial charge in [-0.2, -0.15) is 8.42 Å². The number of halogens is 2. The number of anilines is 1. The molecular formula is C14H10ClFN4O3S2. The summed E-state index contributed by atoms with van der Waals surface area (Å²) in [5, 5.41) is 2.32. The fourth-order valence-electron chi connectivity index (χ4n) is 2.00. The van der Waals surface area contributed by atoms with E-state index in [0.29, 0.717) is 4.88 Å². The summed E-state index contributed by atoms with van der Waals surface area (Å²) in [6.07, 6.45) is 2.84. The highest BCUT2D eigenvalue weighted by Crippen LogP contribution is 2.23. The van der Waals surface area contributed by atoms with E-state index in [2.05, 4.69) is 14.1 Å². The van der Waals surface area contributed by atoms with Crippen molar-refractivity contribution in [1.29, 1.82) is 0 Å². The Bertz CT molecular complexity index is 1000. The van der Waals surface area contributed by atoms with Gasteiger partial charge in [-0.25, -0.2) is 13.1 Å². The van der Waals surface area contributed by atoms with Crippen molar-refractivity contribution in [2.75, 3.05) is 12.4 Å². The van der Waals surface area contributed by atoms with Crippen molar-refractivity contribution >= 4 is 50.6 Å². The third-order valence-electron chi connectivity index (χ3n) is 3.27. The van der Waals surface area contributed by atoms with Gasteiger partial charge >= 0.3 is 10.2 Å². The molecule has 7 nitrogen and oxygen atoms in total. The first kappa shape index (κ1) is 17.5. The number of nitrogens with one attached hydrogen (secondary N) is 1. The van der Waals surface area contributed by atoms with Gasteiger partial charge in [0.15, 0.2) is 0 Å². The Labute approximate surface area is 151 Å². The molecule has 0 radical (unpaired) electrons. The Morgan fingerprint density at radius 3 is 2.76 bits per heavy atom. The summed E-state index contributed by atoms with van der Waals surface area (Å²) in [5.41, 5.74) is 0.201. The normalized spacial score (nSPS) is 16.2. The monoisotopic (exact) mass is 400 g/mol. The van der Waals surface area contributed by atoms with Gasteiger partial charge in [0.25, 0.3) is 5.91 Å². The van der Waals surface area contributed by atoms with E-state index >= 15 is 0 Å². The summed E-state index contributed by atoms with van der Waals surface area (Å²) in [4.78, 5) is 13.0. The third-order valence-corrected chi connectivity index (χ3v) is 5.65. The minimum Gasteiger partial charge on any atom is -0.321 e. The van der Waals surface area contributed by atoms with Crippen molar-refractivity contribution in [3.63, 3.8) is 0 Å². The van der Waals surface area contributed by atoms with Crippen LogP contribution in [0.5, 0.6) is 0 Å². The third kappa shape index (κ3) is 3.55. The van der Waals surface area contributed by atoms with Gasteiger partial charge in [-0.05, 0) is 41.9 Å². The Morgan fingerprint density at radius 2 is 2.12 bits per heavy atom. The summed E-state index contributed by atoms with van der Waals surface area (Å²) < 4.78 is 45.9. The van der Waals surface area contributed by atoms with Crippen LogP contribution < -0.4 is 5.32 Å². The number of carbonyl (C=O) groups excluding carboxylic acids is 1. The Kier molecular flexibility index (Phi) is 4.58. The predicted molar refractivity (Wildman–Crippen MR) is 93.5 cm³/mol. The predicted octanol–water partition coefficient (Wildman–Crippen LogP) is 2.44. The number of amides is 1. The fraction of sp³-hybridized carbons (Fsp3) is 0.0714. The molecule has 0 aliphatic carbocycles. The van der Waals surface area contributed by atoms with Crippen LogP contribution in [0.3, 0.4) is 0 Å². The molecule has 0 saturated heterocycles. The Hall–Kier alpha value is -2.30. The molecule has 0 atom stereocenters. The molecule has 1 aliphatic heterocycles. The summed E-state index contributed by atoms with van der Waals surface area (Å²) in [6.45, 7) is 0. The number of aromatic nitrogens is 1. The van der Waals surface area contributed by atoms with Gasteiger partial charge < -0.3 is 5.32 Å². The van der Waals surface area contributed by atoms with Crippen molar-refractivity contribution in [2.45, 2.75) is 0 Å². The van der Waals surface area contributed by atoms with Gasteiger partial charge in [0.05, 0.1) is 15.6 Å². The minimum atomic E-state index is -4.05. The second kappa shape index (κ2) is 6.54. The van der Waals surface area contributed by atoms with E-state index in [-0.39, 0.29) is 22.1 Å². The molecule has 0 fully saturated rings. The van der Waals surface area contributed by atoms with E-state index in [1.165, 1.54) is 31.5 Å². The maximum atomic E-state index is 13.2. The van der Waals surface area contributed by atoms with E-state index in [0.717, 1.165) is 21.9 Å². The van der Waals surface area contributed by atoms with Gasteiger partial charge in [0.1, 0.15) is 11.5 Å². The lowest BCUT2D eigenvalue weighted by Gasteiger charge is -2.23. The molecular weight excluding hydrogens is 391 g/mol. The topological polar surface area (TPSA) is 91.7 Å². The minimum absolute atomic E-state index is 0.114. The van der Waals surface area contributed by atoms with E-state index in [4.69, 9.17) is 11.6 Å². The maximum absolute atomic E-state index is 13.2. The maximum Gasteiger partial charge on any atom is 0.345 e. The first-order chi connectivity index (χ1) is 11.8. The molecule has 130 valence electrons. The Morgan fingerprint density at radius 1 is 1.36 bits per heavy atom. The molecule has 1 aliphatic rings. The molecule has 1 aromatic carbocycles. The lowest BCUT2D eigenvalue weighted by atomic mass is 10.2. The molecule has 25 heavy (non-hydrogen) atoms. The van der Waals surface area contributed by atoms with Crippen LogP contribution in [0.1, 0.15) is 4.88 Å². The van der Waals surface area contributed by atoms with E-state index in [1.807, 2.05) is 0 Å². The largest absolute Gasteiger partial charge is 0.345 e. The number of rotatable bonds is 3. The number of hydrogen-bond donors (Lipinski definition) is 1. The summed E-state index contributed by atoms with van der Waals surface area (Å²) in [7, 11) is -2.84. The zero-order valence-corrected chi connectivity index (χ0v) is 15.0. The van der Waals surface area contributed by atoms with E-state index in [9.17, 15) is 17.6 Å². The first-order valence-corrected chi connectivity index (χ1v) is 9.31. The second-order valence-electron chi connectivity index (χ2n) is 4.91. The van der Waals surface area contributed by atoms with Gasteiger partial charge in [-0.15, -0.1) is 4.40 Å². The molecule has 3 rings (SSSR count). The van der Waals surface area contributed by atoms with E-state index in [1.54, 1.807) is 6.07 Å². The second-order valence-corrected chi connectivity index (χ2v) is 7.78. The average Bonchev–Trinajstić information content (AvgIpc) is 3.07. The lowest BCUT2D eigenvalue weighted by molar-refractivity contribution is -0.113. The zero-order valence-electron chi connectivity index (χ0n) is 12.6. The van der Waals surface area contributed by atoms with Gasteiger partial charge in [0, 0.05) is 18.9 Å². The fourth-order valence-corrected chi connectivity index (χ4v) is 3.70. The quantitative estimate of drug-likeness (QED) is 0.856. The number of hydrogen-bond acceptors (Lipinski definition) is 5. The van der Waals surface area contributed by atoms with Crippen LogP contribution in [-0.2, 0) is 15.0 Å². The SMILES string of the molecule is CN1C(C(=O)Nc2ccc(F)c(Cl)c2)=CC(c2ccns2)=NS1(=O)=O. The number of allylic oxidation sites excluding steroid dienone is 1. The van der Waals surface area contributed by atoms with Crippen molar-refractivity contribution in [3.8, 4) is 0 Å². The molecule has 1 N–H and O–H groups in total. The van der Waals surface area contributed by atoms with Crippen molar-refractivity contribution in [2.24, 2.45) is 4.40 Å². The van der Waals surface area contributed by atoms with Crippen molar-refractivity contribution in [1.82, 2.24) is 8.68 Å². The smallest absolute Gasteiger partial charge is 0.321 e. The number of likely N-dealkylation sites (N-methyl/N-ethyl adjacent to an activating group) is 1. The standard InChI is InChI=1S/C14H10ClFN4O3S2/c1-20-12(14(21)18-8-2-3-10(16)9(15)6-8)7-11(19-25(20,22)23)13-4-5-17-24-13/h2-7H,1H3,(H,18,21). The van der Waals surface area contributed by atoms with Crippen LogP contribution in [0.4, 0.5) is 10.1 Å². The molecule has 2 aromatic rings. The highest BCUT2D eigenvalue weighted by molar-refractivity contribution is 7.88. The van der Waals surface area contributed by atoms with Crippen LogP contribution in [-0.4, -0.2) is 35.8 Å². The molecule has 1 aromatic heterocycles. The number of nitrogens with zero attached hydrogens (tertiary/aromatic N) is 3. The first-order valence-electron chi connectivity index (χ1n) is 6.76. The highest BCUT2D eigenvalue weighted by Gasteiger charge is 2.30. The summed E-state index contributed by atoms with van der Waals surface area (Å²) in [6, 6.07) is 5.23. The number of carbonyl (C=O) groups is 1. The van der Waals surface area contributed by atoms with Crippen LogP contribution in [0.25, 0.3) is 0 Å². The lowest BCUT2D eigenvalue weighted by Crippen LogP contribution is -2.35. The summed E-state index contributed by atoms with van der Waals surface area (Å²) >= 11 is 6.73. The molecule has 0 bridgehead atoms. The van der Waals surface area contributed by atoms with E-state index < -0.39 is 21.9 Å². The Balaban J connectivity index is 1.94. The van der Waals surface area contributed by atoms with Crippen LogP contribution in [0.2, 0.25) is 5.02 Å². The molecule has 11 heteroatoms. The molecule has 2 heterocycles. The highest BCUT2D eigenvalue weighted by atomic mass is 35.5. The van der Waals surface area contributed by atoms with Crippen LogP contribution >= 0.6 is 23.1 Å². The van der Waals surface area contributed by atoms with Crippen LogP contribution in [0, 0.1) is 5.82 Å². The van der Waals surface area contributed by atoms with Crippen LogP contribution in [0.15, 0.2) is 46.6 Å². The molecule has 0 saturated carbocycles.